The highest BCUT2D eigenvalue weighted by Crippen LogP contribution is 2.27. The highest BCUT2D eigenvalue weighted by atomic mass is 32.2. The minimum atomic E-state index is -4.11. The van der Waals surface area contributed by atoms with E-state index >= 15 is 0 Å². The first-order valence-corrected chi connectivity index (χ1v) is 14.4. The molecule has 2 amide bonds. The number of hydrogen-bond donors (Lipinski definition) is 1. The van der Waals surface area contributed by atoms with E-state index in [1.165, 1.54) is 24.1 Å². The Labute approximate surface area is 231 Å². The molecule has 3 aromatic rings. The van der Waals surface area contributed by atoms with Gasteiger partial charge in [-0.25, -0.2) is 8.42 Å². The Kier molecular flexibility index (Phi) is 10.1. The van der Waals surface area contributed by atoms with Crippen molar-refractivity contribution >= 4 is 27.5 Å². The fourth-order valence-corrected chi connectivity index (χ4v) is 5.70. The second kappa shape index (κ2) is 13.3. The molecule has 3 aromatic carbocycles. The van der Waals surface area contributed by atoms with Gasteiger partial charge in [0.05, 0.1) is 17.7 Å². The standard InChI is InChI=1S/C30H37N3O5S/c1-6-28(30(35)31-22(2)3)32(20-24-13-11-10-12-23(24)4)29(34)21-33(25-16-18-26(38-5)19-17-25)39(36,37)27-14-8-7-9-15-27/h7-19,22,28H,6,20-21H2,1-5H3,(H,31,35). The highest BCUT2D eigenvalue weighted by Gasteiger charge is 2.34. The summed E-state index contributed by atoms with van der Waals surface area (Å²) in [7, 11) is -2.59. The van der Waals surface area contributed by atoms with Gasteiger partial charge < -0.3 is 15.0 Å². The molecule has 0 saturated heterocycles. The van der Waals surface area contributed by atoms with E-state index in [-0.39, 0.29) is 23.4 Å². The van der Waals surface area contributed by atoms with Gasteiger partial charge in [-0.3, -0.25) is 13.9 Å². The van der Waals surface area contributed by atoms with Crippen LogP contribution in [0.2, 0.25) is 0 Å². The minimum absolute atomic E-state index is 0.0589. The molecule has 0 heterocycles. The number of ether oxygens (including phenoxy) is 1. The van der Waals surface area contributed by atoms with E-state index in [2.05, 4.69) is 5.32 Å². The van der Waals surface area contributed by atoms with Gasteiger partial charge in [-0.1, -0.05) is 49.4 Å². The van der Waals surface area contributed by atoms with Crippen molar-refractivity contribution in [2.75, 3.05) is 18.0 Å². The lowest BCUT2D eigenvalue weighted by Crippen LogP contribution is -2.53. The van der Waals surface area contributed by atoms with Crippen LogP contribution in [0.4, 0.5) is 5.69 Å². The van der Waals surface area contributed by atoms with Crippen molar-refractivity contribution in [1.29, 1.82) is 0 Å². The fraction of sp³-hybridized carbons (Fsp3) is 0.333. The van der Waals surface area contributed by atoms with E-state index in [4.69, 9.17) is 4.74 Å². The number of rotatable bonds is 12. The fourth-order valence-electron chi connectivity index (χ4n) is 4.27. The number of nitrogens with zero attached hydrogens (tertiary/aromatic N) is 2. The Morgan fingerprint density at radius 2 is 1.54 bits per heavy atom. The normalized spacial score (nSPS) is 12.1. The van der Waals surface area contributed by atoms with Crippen molar-refractivity contribution < 1.29 is 22.7 Å². The quantitative estimate of drug-likeness (QED) is 0.357. The Morgan fingerprint density at radius 3 is 2.10 bits per heavy atom. The van der Waals surface area contributed by atoms with Crippen LogP contribution in [0.3, 0.4) is 0 Å². The van der Waals surface area contributed by atoms with Gasteiger partial charge in [0.2, 0.25) is 11.8 Å². The molecule has 208 valence electrons. The van der Waals surface area contributed by atoms with Crippen LogP contribution in [0.15, 0.2) is 83.8 Å². The number of methoxy groups -OCH3 is 1. The molecule has 9 heteroatoms. The molecule has 0 aliphatic carbocycles. The Bertz CT molecular complexity index is 1360. The number of nitrogens with one attached hydrogen (secondary N) is 1. The number of hydrogen-bond acceptors (Lipinski definition) is 5. The lowest BCUT2D eigenvalue weighted by molar-refractivity contribution is -0.140. The molecule has 0 aromatic heterocycles. The largest absolute Gasteiger partial charge is 0.497 e. The second-order valence-corrected chi connectivity index (χ2v) is 11.4. The van der Waals surface area contributed by atoms with Crippen LogP contribution in [0.25, 0.3) is 0 Å². The zero-order valence-corrected chi connectivity index (χ0v) is 23.9. The number of carbonyl (C=O) groups excluding carboxylic acids is 2. The van der Waals surface area contributed by atoms with Crippen LogP contribution in [-0.2, 0) is 26.2 Å². The third kappa shape index (κ3) is 7.38. The summed E-state index contributed by atoms with van der Waals surface area (Å²) >= 11 is 0. The number of amides is 2. The lowest BCUT2D eigenvalue weighted by Gasteiger charge is -2.34. The van der Waals surface area contributed by atoms with Crippen LogP contribution in [-0.4, -0.2) is 50.9 Å². The Morgan fingerprint density at radius 1 is 0.923 bits per heavy atom. The topological polar surface area (TPSA) is 96.0 Å². The molecular formula is C30H37N3O5S. The smallest absolute Gasteiger partial charge is 0.264 e. The summed E-state index contributed by atoms with van der Waals surface area (Å²) in [5.74, 6) is -0.213. The van der Waals surface area contributed by atoms with Crippen molar-refractivity contribution in [3.63, 3.8) is 0 Å². The summed E-state index contributed by atoms with van der Waals surface area (Å²) < 4.78 is 34.0. The van der Waals surface area contributed by atoms with Crippen molar-refractivity contribution in [3.8, 4) is 5.75 Å². The summed E-state index contributed by atoms with van der Waals surface area (Å²) in [5, 5.41) is 2.90. The molecule has 1 atom stereocenters. The summed E-state index contributed by atoms with van der Waals surface area (Å²) in [4.78, 5) is 28.8. The molecule has 0 radical (unpaired) electrons. The van der Waals surface area contributed by atoms with Gasteiger partial charge in [-0.05, 0) is 74.7 Å². The molecule has 8 nitrogen and oxygen atoms in total. The number of aryl methyl sites for hydroxylation is 1. The molecule has 1 unspecified atom stereocenters. The highest BCUT2D eigenvalue weighted by molar-refractivity contribution is 7.92. The lowest BCUT2D eigenvalue weighted by atomic mass is 10.1. The minimum Gasteiger partial charge on any atom is -0.497 e. The number of anilines is 1. The zero-order valence-electron chi connectivity index (χ0n) is 23.1. The van der Waals surface area contributed by atoms with E-state index < -0.39 is 28.5 Å². The van der Waals surface area contributed by atoms with Crippen molar-refractivity contribution in [2.24, 2.45) is 0 Å². The first-order valence-electron chi connectivity index (χ1n) is 12.9. The molecule has 0 spiro atoms. The first-order chi connectivity index (χ1) is 18.6. The van der Waals surface area contributed by atoms with Gasteiger partial charge in [0.1, 0.15) is 18.3 Å². The number of benzene rings is 3. The maximum Gasteiger partial charge on any atom is 0.264 e. The third-order valence-electron chi connectivity index (χ3n) is 6.39. The van der Waals surface area contributed by atoms with Crippen LogP contribution < -0.4 is 14.4 Å². The number of carbonyl (C=O) groups is 2. The van der Waals surface area contributed by atoms with Gasteiger partial charge in [0, 0.05) is 12.6 Å². The summed E-state index contributed by atoms with van der Waals surface area (Å²) in [6.07, 6.45) is 0.365. The Hall–Kier alpha value is -3.85. The van der Waals surface area contributed by atoms with Crippen molar-refractivity contribution in [1.82, 2.24) is 10.2 Å². The predicted octanol–water partition coefficient (Wildman–Crippen LogP) is 4.53. The monoisotopic (exact) mass is 551 g/mol. The summed E-state index contributed by atoms with van der Waals surface area (Å²) in [6.45, 7) is 7.17. The van der Waals surface area contributed by atoms with E-state index in [0.717, 1.165) is 15.4 Å². The van der Waals surface area contributed by atoms with Crippen molar-refractivity contribution in [2.45, 2.75) is 57.6 Å². The molecule has 1 N–H and O–H groups in total. The second-order valence-electron chi connectivity index (χ2n) is 9.56. The molecule has 0 aliphatic heterocycles. The van der Waals surface area contributed by atoms with Crippen LogP contribution in [0.1, 0.15) is 38.3 Å². The zero-order chi connectivity index (χ0) is 28.6. The molecule has 39 heavy (non-hydrogen) atoms. The van der Waals surface area contributed by atoms with Gasteiger partial charge in [0.25, 0.3) is 10.0 Å². The summed E-state index contributed by atoms with van der Waals surface area (Å²) in [5.41, 5.74) is 2.16. The molecule has 0 aliphatic rings. The van der Waals surface area contributed by atoms with Gasteiger partial charge in [-0.15, -0.1) is 0 Å². The number of sulfonamides is 1. The SMILES string of the molecule is CCC(C(=O)NC(C)C)N(Cc1ccccc1C)C(=O)CN(c1ccc(OC)cc1)S(=O)(=O)c1ccccc1. The maximum absolute atomic E-state index is 14.0. The third-order valence-corrected chi connectivity index (χ3v) is 8.18. The van der Waals surface area contributed by atoms with Gasteiger partial charge in [-0.2, -0.15) is 0 Å². The van der Waals surface area contributed by atoms with E-state index in [9.17, 15) is 18.0 Å². The Balaban J connectivity index is 2.06. The van der Waals surface area contributed by atoms with Crippen LogP contribution in [0.5, 0.6) is 5.75 Å². The molecule has 3 rings (SSSR count). The average Bonchev–Trinajstić information content (AvgIpc) is 2.92. The van der Waals surface area contributed by atoms with Gasteiger partial charge in [0.15, 0.2) is 0 Å². The summed E-state index contributed by atoms with van der Waals surface area (Å²) in [6, 6.07) is 21.2. The van der Waals surface area contributed by atoms with Crippen LogP contribution in [0, 0.1) is 6.92 Å². The maximum atomic E-state index is 14.0. The van der Waals surface area contributed by atoms with E-state index in [0.29, 0.717) is 17.9 Å². The molecule has 0 bridgehead atoms. The first kappa shape index (κ1) is 29.7. The van der Waals surface area contributed by atoms with E-state index in [1.54, 1.807) is 42.5 Å². The predicted molar refractivity (Wildman–Crippen MR) is 153 cm³/mol. The average molecular weight is 552 g/mol. The molecule has 0 saturated carbocycles. The molecule has 0 fully saturated rings. The molecular weight excluding hydrogens is 514 g/mol. The van der Waals surface area contributed by atoms with Crippen LogP contribution >= 0.6 is 0 Å². The van der Waals surface area contributed by atoms with Gasteiger partial charge >= 0.3 is 0 Å². The van der Waals surface area contributed by atoms with Crippen molar-refractivity contribution in [3.05, 3.63) is 90.0 Å². The van der Waals surface area contributed by atoms with E-state index in [1.807, 2.05) is 52.0 Å².